The van der Waals surface area contributed by atoms with Gasteiger partial charge in [0.05, 0.1) is 6.61 Å². The number of rotatable bonds is 5. The molecule has 0 radical (unpaired) electrons. The fourth-order valence-corrected chi connectivity index (χ4v) is 2.52. The molecule has 0 aliphatic rings. The average molecular weight is 315 g/mol. The standard InChI is InChI=1S/C13H12BrFOS/c14-9-10-6-11(15)8-12(7-10)16-4-3-13-2-1-5-17-13/h1-2,5-8H,3-4,9H2. The molecule has 1 aromatic heterocycles. The SMILES string of the molecule is Fc1cc(CBr)cc(OCCc2cccs2)c1. The van der Waals surface area contributed by atoms with Crippen LogP contribution in [0.15, 0.2) is 35.7 Å². The van der Waals surface area contributed by atoms with Gasteiger partial charge >= 0.3 is 0 Å². The van der Waals surface area contributed by atoms with E-state index >= 15 is 0 Å². The van der Waals surface area contributed by atoms with Gasteiger partial charge in [-0.05, 0) is 29.1 Å². The van der Waals surface area contributed by atoms with Gasteiger partial charge in [-0.15, -0.1) is 11.3 Å². The molecular weight excluding hydrogens is 303 g/mol. The third-order valence-electron chi connectivity index (χ3n) is 2.28. The first-order valence-electron chi connectivity index (χ1n) is 5.28. The Morgan fingerprint density at radius 1 is 1.29 bits per heavy atom. The molecule has 1 heterocycles. The van der Waals surface area contributed by atoms with Gasteiger partial charge < -0.3 is 4.74 Å². The van der Waals surface area contributed by atoms with E-state index < -0.39 is 0 Å². The highest BCUT2D eigenvalue weighted by Crippen LogP contribution is 2.19. The summed E-state index contributed by atoms with van der Waals surface area (Å²) in [4.78, 5) is 1.28. The monoisotopic (exact) mass is 314 g/mol. The summed E-state index contributed by atoms with van der Waals surface area (Å²) in [5.74, 6) is 0.337. The summed E-state index contributed by atoms with van der Waals surface area (Å²) in [5.41, 5.74) is 0.885. The molecule has 0 saturated heterocycles. The van der Waals surface area contributed by atoms with Crippen molar-refractivity contribution in [3.63, 3.8) is 0 Å². The molecule has 0 saturated carbocycles. The molecule has 0 fully saturated rings. The molecule has 4 heteroatoms. The predicted octanol–water partition coefficient (Wildman–Crippen LogP) is 4.40. The van der Waals surface area contributed by atoms with Gasteiger partial charge in [0.2, 0.25) is 0 Å². The molecule has 0 N–H and O–H groups in total. The van der Waals surface area contributed by atoms with Gasteiger partial charge in [-0.2, -0.15) is 0 Å². The molecule has 0 spiro atoms. The third-order valence-corrected chi connectivity index (χ3v) is 3.87. The Morgan fingerprint density at radius 3 is 2.88 bits per heavy atom. The lowest BCUT2D eigenvalue weighted by Gasteiger charge is -2.07. The number of ether oxygens (including phenoxy) is 1. The van der Waals surface area contributed by atoms with Gasteiger partial charge in [0.25, 0.3) is 0 Å². The summed E-state index contributed by atoms with van der Waals surface area (Å²) in [7, 11) is 0. The summed E-state index contributed by atoms with van der Waals surface area (Å²) in [6.45, 7) is 0.575. The molecule has 17 heavy (non-hydrogen) atoms. The van der Waals surface area contributed by atoms with Crippen molar-refractivity contribution in [2.45, 2.75) is 11.8 Å². The minimum atomic E-state index is -0.256. The predicted molar refractivity (Wildman–Crippen MR) is 72.5 cm³/mol. The molecule has 90 valence electrons. The van der Waals surface area contributed by atoms with Crippen LogP contribution < -0.4 is 4.74 Å². The maximum atomic E-state index is 13.2. The largest absolute Gasteiger partial charge is 0.493 e. The zero-order valence-corrected chi connectivity index (χ0v) is 11.6. The highest BCUT2D eigenvalue weighted by molar-refractivity contribution is 9.08. The number of halogens is 2. The Balaban J connectivity index is 1.92. The van der Waals surface area contributed by atoms with Gasteiger partial charge in [-0.3, -0.25) is 0 Å². The van der Waals surface area contributed by atoms with Crippen LogP contribution in [0.2, 0.25) is 0 Å². The number of hydrogen-bond acceptors (Lipinski definition) is 2. The molecule has 0 aliphatic carbocycles. The number of alkyl halides is 1. The number of thiophene rings is 1. The summed E-state index contributed by atoms with van der Waals surface area (Å²) < 4.78 is 18.8. The van der Waals surface area contributed by atoms with Crippen molar-refractivity contribution in [1.82, 2.24) is 0 Å². The van der Waals surface area contributed by atoms with Crippen LogP contribution in [0.3, 0.4) is 0 Å². The molecule has 0 bridgehead atoms. The van der Waals surface area contributed by atoms with E-state index in [-0.39, 0.29) is 5.82 Å². The lowest BCUT2D eigenvalue weighted by Crippen LogP contribution is -2.00. The Kier molecular flexibility index (Phi) is 4.57. The number of hydrogen-bond donors (Lipinski definition) is 0. The van der Waals surface area contributed by atoms with E-state index in [4.69, 9.17) is 4.74 Å². The Hall–Kier alpha value is -0.870. The second kappa shape index (κ2) is 6.17. The van der Waals surface area contributed by atoms with E-state index in [1.54, 1.807) is 11.3 Å². The van der Waals surface area contributed by atoms with Crippen LogP contribution in [0.25, 0.3) is 0 Å². The summed E-state index contributed by atoms with van der Waals surface area (Å²) in [5, 5.41) is 2.67. The highest BCUT2D eigenvalue weighted by Gasteiger charge is 2.01. The fraction of sp³-hybridized carbons (Fsp3) is 0.231. The van der Waals surface area contributed by atoms with E-state index in [9.17, 15) is 4.39 Å². The van der Waals surface area contributed by atoms with Gasteiger partial charge in [0.1, 0.15) is 11.6 Å². The first kappa shape index (κ1) is 12.6. The second-order valence-electron chi connectivity index (χ2n) is 3.61. The van der Waals surface area contributed by atoms with Crippen LogP contribution in [0, 0.1) is 5.82 Å². The summed E-state index contributed by atoms with van der Waals surface area (Å²) in [6, 6.07) is 8.86. The van der Waals surface area contributed by atoms with Crippen LogP contribution in [0.5, 0.6) is 5.75 Å². The molecule has 1 nitrogen and oxygen atoms in total. The van der Waals surface area contributed by atoms with Crippen molar-refractivity contribution in [3.05, 3.63) is 52.0 Å². The highest BCUT2D eigenvalue weighted by atomic mass is 79.9. The van der Waals surface area contributed by atoms with E-state index in [1.165, 1.54) is 17.0 Å². The Morgan fingerprint density at radius 2 is 2.18 bits per heavy atom. The van der Waals surface area contributed by atoms with Crippen LogP contribution >= 0.6 is 27.3 Å². The van der Waals surface area contributed by atoms with Gasteiger partial charge in [-0.25, -0.2) is 4.39 Å². The van der Waals surface area contributed by atoms with Crippen molar-refractivity contribution in [3.8, 4) is 5.75 Å². The van der Waals surface area contributed by atoms with E-state index in [0.29, 0.717) is 17.7 Å². The van der Waals surface area contributed by atoms with Crippen LogP contribution in [0.1, 0.15) is 10.4 Å². The van der Waals surface area contributed by atoms with Crippen molar-refractivity contribution < 1.29 is 9.13 Å². The topological polar surface area (TPSA) is 9.23 Å². The minimum Gasteiger partial charge on any atom is -0.493 e. The van der Waals surface area contributed by atoms with Crippen LogP contribution in [0.4, 0.5) is 4.39 Å². The maximum absolute atomic E-state index is 13.2. The molecule has 1 aromatic carbocycles. The minimum absolute atomic E-state index is 0.256. The quantitative estimate of drug-likeness (QED) is 0.743. The van der Waals surface area contributed by atoms with Crippen molar-refractivity contribution in [1.29, 1.82) is 0 Å². The molecule has 2 rings (SSSR count). The summed E-state index contributed by atoms with van der Waals surface area (Å²) >= 11 is 5.01. The fourth-order valence-electron chi connectivity index (χ4n) is 1.51. The van der Waals surface area contributed by atoms with Gasteiger partial charge in [0, 0.05) is 22.7 Å². The average Bonchev–Trinajstić information content (AvgIpc) is 2.81. The molecule has 2 aromatic rings. The second-order valence-corrected chi connectivity index (χ2v) is 5.20. The first-order valence-corrected chi connectivity index (χ1v) is 7.28. The zero-order chi connectivity index (χ0) is 12.1. The molecule has 0 amide bonds. The van der Waals surface area contributed by atoms with Crippen LogP contribution in [-0.4, -0.2) is 6.61 Å². The molecule has 0 aliphatic heterocycles. The normalized spacial score (nSPS) is 10.5. The third kappa shape index (κ3) is 3.82. The smallest absolute Gasteiger partial charge is 0.127 e. The maximum Gasteiger partial charge on any atom is 0.127 e. The molecule has 0 atom stereocenters. The molecule has 0 unspecified atom stereocenters. The Labute approximate surface area is 112 Å². The van der Waals surface area contributed by atoms with E-state index in [1.807, 2.05) is 17.5 Å². The first-order chi connectivity index (χ1) is 8.28. The number of benzene rings is 1. The van der Waals surface area contributed by atoms with Crippen molar-refractivity contribution in [2.75, 3.05) is 6.61 Å². The Bertz CT molecular complexity index is 470. The van der Waals surface area contributed by atoms with E-state index in [2.05, 4.69) is 22.0 Å². The van der Waals surface area contributed by atoms with E-state index in [0.717, 1.165) is 12.0 Å². The van der Waals surface area contributed by atoms with Gasteiger partial charge in [0.15, 0.2) is 0 Å². The summed E-state index contributed by atoms with van der Waals surface area (Å²) in [6.07, 6.45) is 0.859. The zero-order valence-electron chi connectivity index (χ0n) is 9.16. The van der Waals surface area contributed by atoms with Crippen molar-refractivity contribution in [2.24, 2.45) is 0 Å². The van der Waals surface area contributed by atoms with Gasteiger partial charge in [-0.1, -0.05) is 22.0 Å². The van der Waals surface area contributed by atoms with Crippen molar-refractivity contribution >= 4 is 27.3 Å². The molecular formula is C13H12BrFOS. The van der Waals surface area contributed by atoms with Crippen LogP contribution in [-0.2, 0) is 11.8 Å². The lowest BCUT2D eigenvalue weighted by molar-refractivity contribution is 0.321. The lowest BCUT2D eigenvalue weighted by atomic mass is 10.2.